The molecular weight excluding hydrogens is 360 g/mol. The van der Waals surface area contributed by atoms with Crippen molar-refractivity contribution in [2.45, 2.75) is 38.8 Å². The van der Waals surface area contributed by atoms with Crippen LogP contribution in [0.1, 0.15) is 30.9 Å². The van der Waals surface area contributed by atoms with Crippen molar-refractivity contribution < 1.29 is 24.2 Å². The van der Waals surface area contributed by atoms with Gasteiger partial charge < -0.3 is 19.5 Å². The number of halogens is 1. The highest BCUT2D eigenvalue weighted by atomic mass is 35.5. The molecule has 0 bridgehead atoms. The zero-order valence-electron chi connectivity index (χ0n) is 15.4. The Morgan fingerprint density at radius 2 is 1.85 bits per heavy atom. The van der Waals surface area contributed by atoms with Crippen LogP contribution in [0.15, 0.2) is 12.1 Å². The fourth-order valence-electron chi connectivity index (χ4n) is 3.02. The number of nitrogens with zero attached hydrogens (tertiary/aromatic N) is 1. The minimum absolute atomic E-state index is 0. The third-order valence-electron chi connectivity index (χ3n) is 4.45. The minimum atomic E-state index is -0.921. The monoisotopic (exact) mass is 386 g/mol. The van der Waals surface area contributed by atoms with Crippen LogP contribution in [0, 0.1) is 0 Å². The van der Waals surface area contributed by atoms with E-state index in [2.05, 4.69) is 5.32 Å². The first-order valence-electron chi connectivity index (χ1n) is 8.47. The van der Waals surface area contributed by atoms with Crippen molar-refractivity contribution in [1.29, 1.82) is 0 Å². The molecule has 2 N–H and O–H groups in total. The van der Waals surface area contributed by atoms with Gasteiger partial charge in [-0.15, -0.1) is 12.4 Å². The van der Waals surface area contributed by atoms with Gasteiger partial charge in [-0.25, -0.2) is 0 Å². The number of hydrogen-bond donors (Lipinski definition) is 2. The van der Waals surface area contributed by atoms with E-state index in [0.29, 0.717) is 31.0 Å². The van der Waals surface area contributed by atoms with Crippen molar-refractivity contribution in [1.82, 2.24) is 10.2 Å². The third-order valence-corrected chi connectivity index (χ3v) is 4.45. The smallest absolute Gasteiger partial charge is 0.320 e. The van der Waals surface area contributed by atoms with Crippen LogP contribution < -0.4 is 14.8 Å². The summed E-state index contributed by atoms with van der Waals surface area (Å²) in [6.07, 6.45) is 1.98. The second kappa shape index (κ2) is 10.2. The zero-order valence-corrected chi connectivity index (χ0v) is 16.2. The first kappa shape index (κ1) is 22.1. The van der Waals surface area contributed by atoms with E-state index in [0.717, 1.165) is 24.0 Å². The molecule has 8 heteroatoms. The van der Waals surface area contributed by atoms with Crippen molar-refractivity contribution in [3.63, 3.8) is 0 Å². The number of carboxylic acid groups (broad SMARTS) is 1. The summed E-state index contributed by atoms with van der Waals surface area (Å²) in [5.41, 5.74) is 2.17. The quantitative estimate of drug-likeness (QED) is 0.709. The van der Waals surface area contributed by atoms with Crippen molar-refractivity contribution in [2.24, 2.45) is 0 Å². The number of nitrogens with one attached hydrogen (secondary N) is 1. The maximum Gasteiger partial charge on any atom is 0.320 e. The van der Waals surface area contributed by atoms with Gasteiger partial charge in [0.25, 0.3) is 0 Å². The molecule has 1 aliphatic rings. The van der Waals surface area contributed by atoms with E-state index in [1.807, 2.05) is 19.1 Å². The van der Waals surface area contributed by atoms with Gasteiger partial charge in [-0.05, 0) is 36.1 Å². The normalized spacial score (nSPS) is 14.0. The van der Waals surface area contributed by atoms with Crippen molar-refractivity contribution in [3.8, 4) is 11.5 Å². The molecule has 0 saturated carbocycles. The highest BCUT2D eigenvalue weighted by molar-refractivity contribution is 5.85. The number of fused-ring (bicyclic) bond motifs is 1. The molecule has 2 rings (SSSR count). The summed E-state index contributed by atoms with van der Waals surface area (Å²) in [4.78, 5) is 25.3. The van der Waals surface area contributed by atoms with Gasteiger partial charge in [0.15, 0.2) is 11.5 Å². The number of aliphatic carboxylic acids is 1. The summed E-state index contributed by atoms with van der Waals surface area (Å²) < 4.78 is 10.6. The molecule has 146 valence electrons. The van der Waals surface area contributed by atoms with E-state index < -0.39 is 12.0 Å². The van der Waals surface area contributed by atoms with E-state index in [1.54, 1.807) is 19.1 Å². The molecule has 1 atom stereocenters. The Labute approximate surface area is 160 Å². The van der Waals surface area contributed by atoms with Gasteiger partial charge in [-0.2, -0.15) is 0 Å². The first-order chi connectivity index (χ1) is 12.0. The number of methoxy groups -OCH3 is 2. The van der Waals surface area contributed by atoms with E-state index in [9.17, 15) is 9.59 Å². The van der Waals surface area contributed by atoms with Crippen LogP contribution in [-0.2, 0) is 22.6 Å². The van der Waals surface area contributed by atoms with Gasteiger partial charge >= 0.3 is 5.97 Å². The average Bonchev–Trinajstić information content (AvgIpc) is 2.62. The van der Waals surface area contributed by atoms with Crippen LogP contribution in [0.2, 0.25) is 0 Å². The Kier molecular flexibility index (Phi) is 8.68. The highest BCUT2D eigenvalue weighted by Crippen LogP contribution is 2.33. The van der Waals surface area contributed by atoms with Gasteiger partial charge in [0.2, 0.25) is 5.91 Å². The molecule has 1 heterocycles. The lowest BCUT2D eigenvalue weighted by Gasteiger charge is -2.30. The van der Waals surface area contributed by atoms with Crippen molar-refractivity contribution in [3.05, 3.63) is 23.3 Å². The van der Waals surface area contributed by atoms with Gasteiger partial charge in [0.05, 0.1) is 20.8 Å². The Bertz CT molecular complexity index is 638. The van der Waals surface area contributed by atoms with Gasteiger partial charge in [-0.1, -0.05) is 13.3 Å². The highest BCUT2D eigenvalue weighted by Gasteiger charge is 2.24. The van der Waals surface area contributed by atoms with Gasteiger partial charge in [0, 0.05) is 13.1 Å². The topological polar surface area (TPSA) is 88.1 Å². The van der Waals surface area contributed by atoms with E-state index in [-0.39, 0.29) is 24.9 Å². The lowest BCUT2D eigenvalue weighted by Crippen LogP contribution is -2.45. The van der Waals surface area contributed by atoms with Crippen molar-refractivity contribution >= 4 is 24.3 Å². The molecule has 26 heavy (non-hydrogen) atoms. The number of ether oxygens (including phenoxy) is 2. The largest absolute Gasteiger partial charge is 0.493 e. The Morgan fingerprint density at radius 1 is 1.23 bits per heavy atom. The second-order valence-electron chi connectivity index (χ2n) is 6.10. The molecule has 1 unspecified atom stereocenters. The maximum absolute atomic E-state index is 12.4. The number of carboxylic acids is 1. The molecule has 1 aromatic rings. The van der Waals surface area contributed by atoms with Crippen LogP contribution in [0.4, 0.5) is 0 Å². The number of hydrogen-bond acceptors (Lipinski definition) is 5. The predicted octanol–water partition coefficient (Wildman–Crippen LogP) is 1.85. The summed E-state index contributed by atoms with van der Waals surface area (Å²) in [5.74, 6) is 0.312. The summed E-state index contributed by atoms with van der Waals surface area (Å²) in [6, 6.07) is 3.17. The SMILES string of the molecule is CCCC(NCC(=O)N1CCc2cc(OC)c(OC)cc2C1)C(=O)O.Cl. The molecule has 0 aliphatic carbocycles. The number of rotatable bonds is 8. The van der Waals surface area contributed by atoms with E-state index >= 15 is 0 Å². The molecule has 0 radical (unpaired) electrons. The second-order valence-corrected chi connectivity index (χ2v) is 6.10. The van der Waals surface area contributed by atoms with Crippen LogP contribution in [-0.4, -0.2) is 55.2 Å². The van der Waals surface area contributed by atoms with E-state index in [4.69, 9.17) is 14.6 Å². The zero-order chi connectivity index (χ0) is 18.4. The molecule has 0 fully saturated rings. The fourth-order valence-corrected chi connectivity index (χ4v) is 3.02. The van der Waals surface area contributed by atoms with Crippen molar-refractivity contribution in [2.75, 3.05) is 27.3 Å². The summed E-state index contributed by atoms with van der Waals surface area (Å²) >= 11 is 0. The lowest BCUT2D eigenvalue weighted by molar-refractivity contribution is -0.140. The summed E-state index contributed by atoms with van der Waals surface area (Å²) in [6.45, 7) is 3.04. The van der Waals surface area contributed by atoms with Crippen LogP contribution in [0.3, 0.4) is 0 Å². The fraction of sp³-hybridized carbons (Fsp3) is 0.556. The minimum Gasteiger partial charge on any atom is -0.493 e. The lowest BCUT2D eigenvalue weighted by atomic mass is 9.98. The van der Waals surface area contributed by atoms with Crippen LogP contribution in [0.5, 0.6) is 11.5 Å². The number of carbonyl (C=O) groups excluding carboxylic acids is 1. The Balaban J connectivity index is 0.00000338. The van der Waals surface area contributed by atoms with E-state index in [1.165, 1.54) is 0 Å². The summed E-state index contributed by atoms with van der Waals surface area (Å²) in [5, 5.41) is 12.0. The third kappa shape index (κ3) is 5.25. The Hall–Kier alpha value is -1.99. The summed E-state index contributed by atoms with van der Waals surface area (Å²) in [7, 11) is 3.18. The number of benzene rings is 1. The molecule has 7 nitrogen and oxygen atoms in total. The molecule has 0 saturated heterocycles. The standard InChI is InChI=1S/C18H26N2O5.ClH/c1-4-5-14(18(22)23)19-10-17(21)20-7-6-12-8-15(24-2)16(25-3)9-13(12)11-20;/h8-9,14,19H,4-7,10-11H2,1-3H3,(H,22,23);1H. The van der Waals surface area contributed by atoms with Gasteiger partial charge in [-0.3, -0.25) is 14.9 Å². The molecule has 1 aromatic carbocycles. The molecule has 1 amide bonds. The van der Waals surface area contributed by atoms with Crippen LogP contribution in [0.25, 0.3) is 0 Å². The number of amides is 1. The molecule has 1 aliphatic heterocycles. The van der Waals surface area contributed by atoms with Gasteiger partial charge in [0.1, 0.15) is 6.04 Å². The molecular formula is C18H27ClN2O5. The van der Waals surface area contributed by atoms with Crippen LogP contribution >= 0.6 is 12.4 Å². The number of carbonyl (C=O) groups is 2. The maximum atomic E-state index is 12.4. The first-order valence-corrected chi connectivity index (χ1v) is 8.47. The predicted molar refractivity (Wildman–Crippen MR) is 100 cm³/mol. The Morgan fingerprint density at radius 3 is 2.38 bits per heavy atom. The average molecular weight is 387 g/mol. The molecule has 0 spiro atoms. The molecule has 0 aromatic heterocycles.